The van der Waals surface area contributed by atoms with Gasteiger partial charge in [-0.05, 0) is 24.0 Å². The molecular weight excluding hydrogens is 284 g/mol. The van der Waals surface area contributed by atoms with E-state index in [0.717, 1.165) is 11.5 Å². The summed E-state index contributed by atoms with van der Waals surface area (Å²) in [5.41, 5.74) is -0.941. The van der Waals surface area contributed by atoms with Gasteiger partial charge in [0.15, 0.2) is 0 Å². The molecule has 0 aliphatic carbocycles. The zero-order valence-corrected chi connectivity index (χ0v) is 15.1. The van der Waals surface area contributed by atoms with Gasteiger partial charge < -0.3 is 10.2 Å². The van der Waals surface area contributed by atoms with Gasteiger partial charge in [-0.1, -0.05) is 41.5 Å². The van der Waals surface area contributed by atoms with Gasteiger partial charge in [0, 0.05) is 12.3 Å². The van der Waals surface area contributed by atoms with E-state index in [4.69, 9.17) is 0 Å². The zero-order valence-electron chi connectivity index (χ0n) is 14.3. The SMILES string of the molecule is CCSCCN1C(=O)C(C(C)(C)C)NC(=O)C1(CC)CC. The standard InChI is InChI=1S/C16H30N2O2S/c1-7-16(8-2)14(20)17-12(15(4,5)6)13(19)18(16)10-11-21-9-3/h12H,7-11H2,1-6H3,(H,17,20). The van der Waals surface area contributed by atoms with Crippen LogP contribution in [0.25, 0.3) is 0 Å². The molecule has 0 aromatic carbocycles. The van der Waals surface area contributed by atoms with Crippen LogP contribution >= 0.6 is 11.8 Å². The monoisotopic (exact) mass is 314 g/mol. The number of nitrogens with one attached hydrogen (secondary N) is 1. The Labute approximate surface area is 133 Å². The zero-order chi connectivity index (χ0) is 16.3. The van der Waals surface area contributed by atoms with E-state index in [1.807, 2.05) is 51.3 Å². The van der Waals surface area contributed by atoms with Crippen LogP contribution in [-0.2, 0) is 9.59 Å². The largest absolute Gasteiger partial charge is 0.342 e. The predicted octanol–water partition coefficient (Wildman–Crippen LogP) is 2.67. The summed E-state index contributed by atoms with van der Waals surface area (Å²) in [6.45, 7) is 12.7. The van der Waals surface area contributed by atoms with Crippen molar-refractivity contribution in [3.63, 3.8) is 0 Å². The van der Waals surface area contributed by atoms with Crippen LogP contribution in [0, 0.1) is 5.41 Å². The molecule has 1 saturated heterocycles. The van der Waals surface area contributed by atoms with E-state index in [0.29, 0.717) is 19.4 Å². The van der Waals surface area contributed by atoms with Crippen molar-refractivity contribution in [1.82, 2.24) is 10.2 Å². The van der Waals surface area contributed by atoms with Crippen LogP contribution in [0.15, 0.2) is 0 Å². The Bertz CT molecular complexity index is 386. The van der Waals surface area contributed by atoms with E-state index >= 15 is 0 Å². The van der Waals surface area contributed by atoms with Gasteiger partial charge in [0.05, 0.1) is 0 Å². The first-order valence-electron chi connectivity index (χ1n) is 7.94. The average molecular weight is 314 g/mol. The summed E-state index contributed by atoms with van der Waals surface area (Å²) in [4.78, 5) is 27.5. The van der Waals surface area contributed by atoms with Crippen molar-refractivity contribution in [1.29, 1.82) is 0 Å². The second-order valence-electron chi connectivity index (χ2n) is 6.70. The van der Waals surface area contributed by atoms with E-state index in [-0.39, 0.29) is 17.2 Å². The third kappa shape index (κ3) is 3.55. The lowest BCUT2D eigenvalue weighted by molar-refractivity contribution is -0.161. The molecule has 0 aromatic rings. The molecule has 1 aliphatic rings. The summed E-state index contributed by atoms with van der Waals surface area (Å²) in [5, 5.41) is 2.98. The number of hydrogen-bond donors (Lipinski definition) is 1. The van der Waals surface area contributed by atoms with Gasteiger partial charge >= 0.3 is 0 Å². The highest BCUT2D eigenvalue weighted by atomic mass is 32.2. The molecule has 2 amide bonds. The van der Waals surface area contributed by atoms with Gasteiger partial charge in [-0.3, -0.25) is 9.59 Å². The number of carbonyl (C=O) groups is 2. The molecule has 5 heteroatoms. The third-order valence-corrected chi connectivity index (χ3v) is 5.31. The number of amides is 2. The van der Waals surface area contributed by atoms with Gasteiger partial charge in [0.1, 0.15) is 11.6 Å². The Kier molecular flexibility index (Phi) is 6.14. The Morgan fingerprint density at radius 3 is 2.19 bits per heavy atom. The van der Waals surface area contributed by atoms with Crippen LogP contribution in [0.3, 0.4) is 0 Å². The van der Waals surface area contributed by atoms with Gasteiger partial charge in [-0.25, -0.2) is 0 Å². The van der Waals surface area contributed by atoms with Gasteiger partial charge in [0.2, 0.25) is 11.8 Å². The molecule has 1 atom stereocenters. The van der Waals surface area contributed by atoms with E-state index < -0.39 is 11.6 Å². The maximum Gasteiger partial charge on any atom is 0.246 e. The molecule has 0 saturated carbocycles. The number of carbonyl (C=O) groups excluding carboxylic acids is 2. The predicted molar refractivity (Wildman–Crippen MR) is 89.4 cm³/mol. The molecule has 1 unspecified atom stereocenters. The van der Waals surface area contributed by atoms with E-state index in [9.17, 15) is 9.59 Å². The van der Waals surface area contributed by atoms with Crippen molar-refractivity contribution in [2.45, 2.75) is 66.0 Å². The summed E-state index contributed by atoms with van der Waals surface area (Å²) in [6.07, 6.45) is 1.32. The molecule has 4 nitrogen and oxygen atoms in total. The molecule has 1 heterocycles. The maximum atomic E-state index is 12.9. The molecule has 0 bridgehead atoms. The fourth-order valence-electron chi connectivity index (χ4n) is 2.98. The average Bonchev–Trinajstić information content (AvgIpc) is 2.42. The highest BCUT2D eigenvalue weighted by Gasteiger charge is 2.52. The normalized spacial score (nSPS) is 22.4. The second-order valence-corrected chi connectivity index (χ2v) is 8.09. The number of nitrogens with zero attached hydrogens (tertiary/aromatic N) is 1. The lowest BCUT2D eigenvalue weighted by Gasteiger charge is -2.50. The van der Waals surface area contributed by atoms with Crippen LogP contribution in [0.5, 0.6) is 0 Å². The first-order valence-corrected chi connectivity index (χ1v) is 9.10. The van der Waals surface area contributed by atoms with Gasteiger partial charge in [-0.15, -0.1) is 0 Å². The molecule has 1 aliphatic heterocycles. The summed E-state index contributed by atoms with van der Waals surface area (Å²) in [7, 11) is 0. The van der Waals surface area contributed by atoms with Crippen molar-refractivity contribution >= 4 is 23.6 Å². The molecule has 0 radical (unpaired) electrons. The van der Waals surface area contributed by atoms with E-state index in [1.165, 1.54) is 0 Å². The number of piperazine rings is 1. The molecule has 122 valence electrons. The highest BCUT2D eigenvalue weighted by molar-refractivity contribution is 7.99. The van der Waals surface area contributed by atoms with Crippen molar-refractivity contribution < 1.29 is 9.59 Å². The molecule has 0 aromatic heterocycles. The first kappa shape index (κ1) is 18.3. The molecular formula is C16H30N2O2S. The molecule has 0 spiro atoms. The van der Waals surface area contributed by atoms with Gasteiger partial charge in [-0.2, -0.15) is 11.8 Å². The lowest BCUT2D eigenvalue weighted by atomic mass is 9.79. The van der Waals surface area contributed by atoms with Crippen LogP contribution in [0.2, 0.25) is 0 Å². The quantitative estimate of drug-likeness (QED) is 0.767. The van der Waals surface area contributed by atoms with E-state index in [2.05, 4.69) is 12.2 Å². The Morgan fingerprint density at radius 2 is 1.76 bits per heavy atom. The van der Waals surface area contributed by atoms with Crippen molar-refractivity contribution in [3.8, 4) is 0 Å². The summed E-state index contributed by atoms with van der Waals surface area (Å²) in [5.74, 6) is 1.99. The van der Waals surface area contributed by atoms with Crippen LogP contribution < -0.4 is 5.32 Å². The van der Waals surface area contributed by atoms with Crippen LogP contribution in [-0.4, -0.2) is 46.3 Å². The number of rotatable bonds is 6. The summed E-state index contributed by atoms with van der Waals surface area (Å²) < 4.78 is 0. The Morgan fingerprint density at radius 1 is 1.19 bits per heavy atom. The maximum absolute atomic E-state index is 12.9. The molecule has 1 fully saturated rings. The number of thioether (sulfide) groups is 1. The fraction of sp³-hybridized carbons (Fsp3) is 0.875. The second kappa shape index (κ2) is 7.03. The Hall–Kier alpha value is -0.710. The fourth-order valence-corrected chi connectivity index (χ4v) is 3.58. The first-order chi connectivity index (χ1) is 9.74. The third-order valence-electron chi connectivity index (χ3n) is 4.43. The van der Waals surface area contributed by atoms with E-state index in [1.54, 1.807) is 0 Å². The molecule has 1 rings (SSSR count). The Balaban J connectivity index is 3.11. The smallest absolute Gasteiger partial charge is 0.246 e. The van der Waals surface area contributed by atoms with Crippen LogP contribution in [0.4, 0.5) is 0 Å². The number of hydrogen-bond acceptors (Lipinski definition) is 3. The van der Waals surface area contributed by atoms with Crippen LogP contribution in [0.1, 0.15) is 54.4 Å². The minimum absolute atomic E-state index is 0.00789. The van der Waals surface area contributed by atoms with Crippen molar-refractivity contribution in [2.75, 3.05) is 18.1 Å². The molecule has 1 N–H and O–H groups in total. The van der Waals surface area contributed by atoms with Crippen molar-refractivity contribution in [3.05, 3.63) is 0 Å². The van der Waals surface area contributed by atoms with Gasteiger partial charge in [0.25, 0.3) is 0 Å². The molecule has 21 heavy (non-hydrogen) atoms. The minimum Gasteiger partial charge on any atom is -0.342 e. The lowest BCUT2D eigenvalue weighted by Crippen LogP contribution is -2.72. The highest BCUT2D eigenvalue weighted by Crippen LogP contribution is 2.33. The minimum atomic E-state index is -0.673. The summed E-state index contributed by atoms with van der Waals surface area (Å²) in [6, 6.07) is -0.428. The topological polar surface area (TPSA) is 49.4 Å². The summed E-state index contributed by atoms with van der Waals surface area (Å²) >= 11 is 1.81. The van der Waals surface area contributed by atoms with Crippen molar-refractivity contribution in [2.24, 2.45) is 5.41 Å².